The fourth-order valence-electron chi connectivity index (χ4n) is 3.27. The van der Waals surface area contributed by atoms with Crippen molar-refractivity contribution in [2.75, 3.05) is 11.6 Å². The molecule has 0 N–H and O–H groups in total. The molecule has 3 rings (SSSR count). The number of hydrogen-bond donors (Lipinski definition) is 0. The number of para-hydroxylation sites is 1. The molecule has 0 atom stereocenters. The molecule has 0 radical (unpaired) electrons. The van der Waals surface area contributed by atoms with Crippen molar-refractivity contribution in [1.29, 1.82) is 0 Å². The summed E-state index contributed by atoms with van der Waals surface area (Å²) in [7, 11) is 0. The minimum Gasteiger partial charge on any atom is -0.473 e. The van der Waals surface area contributed by atoms with Crippen LogP contribution in [0.5, 0.6) is 5.75 Å². The molecule has 0 fully saturated rings. The maximum atomic E-state index is 11.0. The van der Waals surface area contributed by atoms with Gasteiger partial charge in [0.05, 0.1) is 16.5 Å². The zero-order valence-electron chi connectivity index (χ0n) is 14.9. The van der Waals surface area contributed by atoms with E-state index in [0.29, 0.717) is 12.5 Å². The molecule has 0 aromatic heterocycles. The van der Waals surface area contributed by atoms with E-state index in [1.807, 2.05) is 19.1 Å². The maximum absolute atomic E-state index is 11.0. The van der Waals surface area contributed by atoms with E-state index in [0.717, 1.165) is 11.3 Å². The third-order valence-electron chi connectivity index (χ3n) is 4.62. The van der Waals surface area contributed by atoms with Gasteiger partial charge in [0.25, 0.3) is 5.69 Å². The molecule has 5 nitrogen and oxygen atoms in total. The van der Waals surface area contributed by atoms with E-state index in [1.165, 1.54) is 23.3 Å². The number of aryl methyl sites for hydroxylation is 1. The number of allylic oxidation sites excluding steroid dienone is 1. The predicted molar refractivity (Wildman–Crippen MR) is 100.0 cm³/mol. The van der Waals surface area contributed by atoms with Gasteiger partial charge in [0, 0.05) is 17.3 Å². The second-order valence-corrected chi connectivity index (χ2v) is 6.91. The standard InChI is InChI=1S/C20H22N2O3/c1-14-9-10-16(22(23)24)11-19(14)25-13-21-18-8-6-5-7-17(18)15(2)12-20(21,3)4/h5-12H,13H2,1-4H3. The Kier molecular flexibility index (Phi) is 4.25. The molecule has 0 saturated heterocycles. The molecule has 2 aromatic carbocycles. The predicted octanol–water partition coefficient (Wildman–Crippen LogP) is 4.94. The van der Waals surface area contributed by atoms with Gasteiger partial charge in [-0.15, -0.1) is 0 Å². The Morgan fingerprint density at radius 3 is 2.60 bits per heavy atom. The summed E-state index contributed by atoms with van der Waals surface area (Å²) in [6.45, 7) is 8.59. The Hall–Kier alpha value is -2.82. The summed E-state index contributed by atoms with van der Waals surface area (Å²) >= 11 is 0. The van der Waals surface area contributed by atoms with E-state index in [4.69, 9.17) is 4.74 Å². The summed E-state index contributed by atoms with van der Waals surface area (Å²) < 4.78 is 5.99. The molecular formula is C20H22N2O3. The Bertz CT molecular complexity index is 856. The molecule has 0 unspecified atom stereocenters. The summed E-state index contributed by atoms with van der Waals surface area (Å²) in [5, 5.41) is 11.0. The fourth-order valence-corrected chi connectivity index (χ4v) is 3.27. The summed E-state index contributed by atoms with van der Waals surface area (Å²) in [6, 6.07) is 12.9. The van der Waals surface area contributed by atoms with E-state index >= 15 is 0 Å². The molecular weight excluding hydrogens is 316 g/mol. The highest BCUT2D eigenvalue weighted by atomic mass is 16.6. The van der Waals surface area contributed by atoms with Gasteiger partial charge in [0.15, 0.2) is 6.73 Å². The normalized spacial score (nSPS) is 15.4. The molecule has 0 spiro atoms. The largest absolute Gasteiger partial charge is 0.473 e. The summed E-state index contributed by atoms with van der Waals surface area (Å²) in [6.07, 6.45) is 2.22. The molecule has 0 saturated carbocycles. The van der Waals surface area contributed by atoms with Gasteiger partial charge in [-0.2, -0.15) is 0 Å². The number of nitro groups is 1. The van der Waals surface area contributed by atoms with Crippen LogP contribution in [0.4, 0.5) is 11.4 Å². The minimum absolute atomic E-state index is 0.0367. The van der Waals surface area contributed by atoms with Crippen molar-refractivity contribution in [1.82, 2.24) is 0 Å². The van der Waals surface area contributed by atoms with Crippen LogP contribution < -0.4 is 9.64 Å². The van der Waals surface area contributed by atoms with Crippen LogP contribution in [0.15, 0.2) is 48.5 Å². The fraction of sp³-hybridized carbons (Fsp3) is 0.300. The van der Waals surface area contributed by atoms with E-state index in [1.54, 1.807) is 6.07 Å². The van der Waals surface area contributed by atoms with Crippen LogP contribution in [0.3, 0.4) is 0 Å². The molecule has 25 heavy (non-hydrogen) atoms. The molecule has 1 aliphatic rings. The summed E-state index contributed by atoms with van der Waals surface area (Å²) in [5.74, 6) is 0.536. The third kappa shape index (κ3) is 3.22. The summed E-state index contributed by atoms with van der Waals surface area (Å²) in [5.41, 5.74) is 4.22. The van der Waals surface area contributed by atoms with Crippen LogP contribution in [0, 0.1) is 17.0 Å². The van der Waals surface area contributed by atoms with E-state index in [-0.39, 0.29) is 11.2 Å². The number of anilines is 1. The molecule has 0 aliphatic carbocycles. The van der Waals surface area contributed by atoms with Crippen LogP contribution in [0.2, 0.25) is 0 Å². The second-order valence-electron chi connectivity index (χ2n) is 6.91. The van der Waals surface area contributed by atoms with Crippen molar-refractivity contribution in [2.45, 2.75) is 33.2 Å². The van der Waals surface area contributed by atoms with Crippen LogP contribution in [0.1, 0.15) is 31.9 Å². The van der Waals surface area contributed by atoms with E-state index in [9.17, 15) is 10.1 Å². The Balaban J connectivity index is 1.90. The van der Waals surface area contributed by atoms with Gasteiger partial charge in [0.1, 0.15) is 5.75 Å². The number of rotatable bonds is 4. The molecule has 1 heterocycles. The minimum atomic E-state index is -0.404. The van der Waals surface area contributed by atoms with E-state index < -0.39 is 4.92 Å². The lowest BCUT2D eigenvalue weighted by Crippen LogP contribution is -2.47. The molecule has 2 aromatic rings. The first-order chi connectivity index (χ1) is 11.8. The first kappa shape index (κ1) is 17.0. The van der Waals surface area contributed by atoms with Gasteiger partial charge in [-0.05, 0) is 51.0 Å². The number of nitrogens with zero attached hydrogens (tertiary/aromatic N) is 2. The van der Waals surface area contributed by atoms with E-state index in [2.05, 4.69) is 43.9 Å². The quantitative estimate of drug-likeness (QED) is 0.585. The van der Waals surface area contributed by atoms with Gasteiger partial charge in [-0.3, -0.25) is 10.1 Å². The van der Waals surface area contributed by atoms with Crippen molar-refractivity contribution in [2.24, 2.45) is 0 Å². The molecule has 0 bridgehead atoms. The van der Waals surface area contributed by atoms with Crippen molar-refractivity contribution in [3.63, 3.8) is 0 Å². The number of nitro benzene ring substituents is 1. The van der Waals surface area contributed by atoms with Crippen LogP contribution in [-0.4, -0.2) is 17.2 Å². The Labute approximate surface area is 147 Å². The zero-order chi connectivity index (χ0) is 18.2. The van der Waals surface area contributed by atoms with Crippen LogP contribution in [0.25, 0.3) is 5.57 Å². The smallest absolute Gasteiger partial charge is 0.273 e. The lowest BCUT2D eigenvalue weighted by molar-refractivity contribution is -0.384. The third-order valence-corrected chi connectivity index (χ3v) is 4.62. The lowest BCUT2D eigenvalue weighted by Gasteiger charge is -2.42. The number of ether oxygens (including phenoxy) is 1. The average Bonchev–Trinajstić information content (AvgIpc) is 2.55. The number of fused-ring (bicyclic) bond motifs is 1. The number of hydrogen-bond acceptors (Lipinski definition) is 4. The van der Waals surface area contributed by atoms with Crippen molar-refractivity contribution in [3.05, 3.63) is 69.8 Å². The average molecular weight is 338 g/mol. The Morgan fingerprint density at radius 1 is 1.16 bits per heavy atom. The lowest BCUT2D eigenvalue weighted by atomic mass is 9.89. The SMILES string of the molecule is CC1=CC(C)(C)N(COc2cc([N+](=O)[O-])ccc2C)c2ccccc21. The number of non-ortho nitro benzene ring substituents is 1. The van der Waals surface area contributed by atoms with Crippen molar-refractivity contribution < 1.29 is 9.66 Å². The van der Waals surface area contributed by atoms with Gasteiger partial charge in [0.2, 0.25) is 0 Å². The summed E-state index contributed by atoms with van der Waals surface area (Å²) in [4.78, 5) is 12.8. The van der Waals surface area contributed by atoms with Crippen LogP contribution >= 0.6 is 0 Å². The van der Waals surface area contributed by atoms with Gasteiger partial charge < -0.3 is 9.64 Å². The number of benzene rings is 2. The first-order valence-electron chi connectivity index (χ1n) is 8.24. The van der Waals surface area contributed by atoms with Crippen molar-refractivity contribution >= 4 is 16.9 Å². The molecule has 5 heteroatoms. The van der Waals surface area contributed by atoms with Crippen LogP contribution in [-0.2, 0) is 0 Å². The van der Waals surface area contributed by atoms with Gasteiger partial charge in [-0.1, -0.05) is 24.3 Å². The highest BCUT2D eigenvalue weighted by Crippen LogP contribution is 2.38. The maximum Gasteiger partial charge on any atom is 0.273 e. The van der Waals surface area contributed by atoms with Gasteiger partial charge >= 0.3 is 0 Å². The monoisotopic (exact) mass is 338 g/mol. The topological polar surface area (TPSA) is 55.6 Å². The molecule has 0 amide bonds. The molecule has 1 aliphatic heterocycles. The first-order valence-corrected chi connectivity index (χ1v) is 8.24. The Morgan fingerprint density at radius 2 is 1.88 bits per heavy atom. The highest BCUT2D eigenvalue weighted by molar-refractivity contribution is 5.80. The zero-order valence-corrected chi connectivity index (χ0v) is 14.9. The van der Waals surface area contributed by atoms with Gasteiger partial charge in [-0.25, -0.2) is 0 Å². The highest BCUT2D eigenvalue weighted by Gasteiger charge is 2.31. The second kappa shape index (κ2) is 6.24. The van der Waals surface area contributed by atoms with Crippen molar-refractivity contribution in [3.8, 4) is 5.75 Å². The molecule has 130 valence electrons.